The van der Waals surface area contributed by atoms with Crippen LogP contribution in [0.25, 0.3) is 0 Å². The number of benzene rings is 2. The van der Waals surface area contributed by atoms with Gasteiger partial charge in [0.25, 0.3) is 5.91 Å². The molecule has 27 heavy (non-hydrogen) atoms. The van der Waals surface area contributed by atoms with E-state index in [1.165, 1.54) is 34.6 Å². The van der Waals surface area contributed by atoms with Gasteiger partial charge in [0.05, 0.1) is 0 Å². The molecule has 0 aliphatic rings. The monoisotopic (exact) mass is 403 g/mol. The van der Waals surface area contributed by atoms with Gasteiger partial charge in [0.2, 0.25) is 5.13 Å². The van der Waals surface area contributed by atoms with E-state index in [-0.39, 0.29) is 5.75 Å². The molecular weight excluding hydrogens is 385 g/mol. The first kappa shape index (κ1) is 19.3. The summed E-state index contributed by atoms with van der Waals surface area (Å²) < 4.78 is 19.7. The lowest BCUT2D eigenvalue weighted by molar-refractivity contribution is -0.122. The summed E-state index contributed by atoms with van der Waals surface area (Å²) >= 11 is 2.85. The first-order valence-corrected chi connectivity index (χ1v) is 10.1. The van der Waals surface area contributed by atoms with Crippen LogP contribution >= 0.6 is 23.1 Å². The Hall–Kier alpha value is -2.45. The minimum atomic E-state index is -0.867. The largest absolute Gasteiger partial charge is 0.478 e. The van der Waals surface area contributed by atoms with Crippen LogP contribution in [0.4, 0.5) is 9.52 Å². The fraction of sp³-hybridized carbons (Fsp3) is 0.211. The van der Waals surface area contributed by atoms with E-state index in [0.29, 0.717) is 5.13 Å². The van der Waals surface area contributed by atoms with Crippen LogP contribution in [0.15, 0.2) is 52.9 Å². The van der Waals surface area contributed by atoms with Gasteiger partial charge in [-0.3, -0.25) is 10.1 Å². The Bertz CT molecular complexity index is 933. The molecule has 0 bridgehead atoms. The molecule has 0 saturated heterocycles. The number of aromatic nitrogens is 2. The summed E-state index contributed by atoms with van der Waals surface area (Å²) in [5.74, 6) is -0.109. The summed E-state index contributed by atoms with van der Waals surface area (Å²) in [5, 5.41) is 11.1. The normalized spacial score (nSPS) is 11.8. The summed E-state index contributed by atoms with van der Waals surface area (Å²) in [6.45, 7) is 3.62. The van der Waals surface area contributed by atoms with E-state index in [9.17, 15) is 9.18 Å². The molecule has 0 aliphatic carbocycles. The Morgan fingerprint density at radius 1 is 1.22 bits per heavy atom. The molecule has 140 valence electrons. The number of hydrogen-bond acceptors (Lipinski definition) is 6. The summed E-state index contributed by atoms with van der Waals surface area (Å²) in [7, 11) is 0. The van der Waals surface area contributed by atoms with Crippen molar-refractivity contribution in [3.63, 3.8) is 0 Å². The Labute approximate surface area is 165 Å². The van der Waals surface area contributed by atoms with E-state index in [0.717, 1.165) is 10.1 Å². The third-order valence-corrected chi connectivity index (χ3v) is 5.78. The van der Waals surface area contributed by atoms with E-state index in [2.05, 4.69) is 34.6 Å². The van der Waals surface area contributed by atoms with Gasteiger partial charge < -0.3 is 4.74 Å². The topological polar surface area (TPSA) is 64.1 Å². The van der Waals surface area contributed by atoms with Crippen molar-refractivity contribution in [1.29, 1.82) is 0 Å². The first-order valence-electron chi connectivity index (χ1n) is 8.26. The van der Waals surface area contributed by atoms with E-state index < -0.39 is 17.8 Å². The Morgan fingerprint density at radius 3 is 2.74 bits per heavy atom. The van der Waals surface area contributed by atoms with Crippen LogP contribution in [0.5, 0.6) is 5.75 Å². The number of para-hydroxylation sites is 1. The van der Waals surface area contributed by atoms with Gasteiger partial charge in [-0.1, -0.05) is 59.5 Å². The number of ether oxygens (including phenoxy) is 1. The van der Waals surface area contributed by atoms with E-state index in [1.54, 1.807) is 30.8 Å². The molecule has 1 unspecified atom stereocenters. The van der Waals surface area contributed by atoms with Crippen molar-refractivity contribution in [2.45, 2.75) is 30.0 Å². The Morgan fingerprint density at radius 2 is 1.96 bits per heavy atom. The molecule has 0 saturated carbocycles. The number of amides is 1. The number of rotatable bonds is 7. The number of anilines is 1. The lowest BCUT2D eigenvalue weighted by atomic mass is 10.1. The van der Waals surface area contributed by atoms with E-state index in [4.69, 9.17) is 4.74 Å². The van der Waals surface area contributed by atoms with Crippen LogP contribution in [0.2, 0.25) is 0 Å². The standard InChI is InChI=1S/C19H18FN3O2S2/c1-12-7-3-4-8-14(12)11-26-19-23-22-18(27-19)21-17(24)13(2)25-16-10-6-5-9-15(16)20/h3-10,13H,11H2,1-2H3,(H,21,22,24). The maximum Gasteiger partial charge on any atom is 0.266 e. The molecule has 1 aromatic heterocycles. The van der Waals surface area contributed by atoms with E-state index in [1.807, 2.05) is 12.1 Å². The number of carbonyl (C=O) groups excluding carboxylic acids is 1. The maximum absolute atomic E-state index is 13.6. The lowest BCUT2D eigenvalue weighted by Crippen LogP contribution is -2.30. The minimum absolute atomic E-state index is 0.0342. The lowest BCUT2D eigenvalue weighted by Gasteiger charge is -2.13. The number of thioether (sulfide) groups is 1. The smallest absolute Gasteiger partial charge is 0.266 e. The second-order valence-electron chi connectivity index (χ2n) is 5.77. The number of nitrogens with one attached hydrogen (secondary N) is 1. The average molecular weight is 404 g/mol. The van der Waals surface area contributed by atoms with Gasteiger partial charge in [0.15, 0.2) is 22.0 Å². The van der Waals surface area contributed by atoms with Crippen molar-refractivity contribution >= 4 is 34.1 Å². The second kappa shape index (κ2) is 8.96. The highest BCUT2D eigenvalue weighted by atomic mass is 32.2. The maximum atomic E-state index is 13.6. The average Bonchev–Trinajstić information content (AvgIpc) is 3.10. The Balaban J connectivity index is 1.54. The van der Waals surface area contributed by atoms with Gasteiger partial charge in [-0.15, -0.1) is 10.2 Å². The van der Waals surface area contributed by atoms with Gasteiger partial charge in [-0.2, -0.15) is 0 Å². The van der Waals surface area contributed by atoms with Crippen molar-refractivity contribution in [2.24, 2.45) is 0 Å². The van der Waals surface area contributed by atoms with Crippen LogP contribution in [0.3, 0.4) is 0 Å². The number of aryl methyl sites for hydroxylation is 1. The highest BCUT2D eigenvalue weighted by Gasteiger charge is 2.18. The zero-order chi connectivity index (χ0) is 19.2. The van der Waals surface area contributed by atoms with Gasteiger partial charge in [0.1, 0.15) is 0 Å². The van der Waals surface area contributed by atoms with Crippen LogP contribution < -0.4 is 10.1 Å². The SMILES string of the molecule is Cc1ccccc1CSc1nnc(NC(=O)C(C)Oc2ccccc2F)s1. The molecule has 0 radical (unpaired) electrons. The molecule has 0 aliphatic heterocycles. The fourth-order valence-electron chi connectivity index (χ4n) is 2.22. The van der Waals surface area contributed by atoms with Gasteiger partial charge in [-0.25, -0.2) is 4.39 Å². The summed E-state index contributed by atoms with van der Waals surface area (Å²) in [4.78, 5) is 12.2. The molecule has 1 atom stereocenters. The van der Waals surface area contributed by atoms with Crippen molar-refractivity contribution in [2.75, 3.05) is 5.32 Å². The third kappa shape index (κ3) is 5.27. The van der Waals surface area contributed by atoms with E-state index >= 15 is 0 Å². The van der Waals surface area contributed by atoms with Crippen molar-refractivity contribution in [1.82, 2.24) is 10.2 Å². The van der Waals surface area contributed by atoms with Crippen molar-refractivity contribution < 1.29 is 13.9 Å². The molecule has 8 heteroatoms. The van der Waals surface area contributed by atoms with Crippen molar-refractivity contribution in [3.05, 3.63) is 65.5 Å². The predicted molar refractivity (Wildman–Crippen MR) is 106 cm³/mol. The van der Waals surface area contributed by atoms with Gasteiger partial charge in [-0.05, 0) is 37.1 Å². The van der Waals surface area contributed by atoms with Gasteiger partial charge >= 0.3 is 0 Å². The molecule has 5 nitrogen and oxygen atoms in total. The Kier molecular flexibility index (Phi) is 6.41. The second-order valence-corrected chi connectivity index (χ2v) is 7.97. The molecular formula is C19H18FN3O2S2. The molecule has 0 fully saturated rings. The summed E-state index contributed by atoms with van der Waals surface area (Å²) in [5.41, 5.74) is 2.46. The predicted octanol–water partition coefficient (Wildman–Crippen LogP) is 4.68. The minimum Gasteiger partial charge on any atom is -0.478 e. The molecule has 1 heterocycles. The van der Waals surface area contributed by atoms with Crippen LogP contribution in [0, 0.1) is 12.7 Å². The zero-order valence-corrected chi connectivity index (χ0v) is 16.4. The fourth-order valence-corrected chi connectivity index (χ4v) is 4.05. The number of nitrogens with zero attached hydrogens (tertiary/aromatic N) is 2. The van der Waals surface area contributed by atoms with Gasteiger partial charge in [0, 0.05) is 5.75 Å². The van der Waals surface area contributed by atoms with Crippen LogP contribution in [-0.2, 0) is 10.5 Å². The molecule has 1 amide bonds. The summed E-state index contributed by atoms with van der Waals surface area (Å²) in [6, 6.07) is 14.1. The number of halogens is 1. The quantitative estimate of drug-likeness (QED) is 0.458. The molecule has 2 aromatic carbocycles. The van der Waals surface area contributed by atoms with Crippen LogP contribution in [-0.4, -0.2) is 22.2 Å². The molecule has 3 aromatic rings. The molecule has 0 spiro atoms. The van der Waals surface area contributed by atoms with Crippen molar-refractivity contribution in [3.8, 4) is 5.75 Å². The van der Waals surface area contributed by atoms with Crippen LogP contribution in [0.1, 0.15) is 18.1 Å². The molecule has 1 N–H and O–H groups in total. The number of carbonyl (C=O) groups is 1. The molecule has 3 rings (SSSR count). The highest BCUT2D eigenvalue weighted by Crippen LogP contribution is 2.29. The highest BCUT2D eigenvalue weighted by molar-refractivity contribution is 8.00. The first-order chi connectivity index (χ1) is 13.0. The summed E-state index contributed by atoms with van der Waals surface area (Å²) in [6.07, 6.45) is -0.867. The number of hydrogen-bond donors (Lipinski definition) is 1. The zero-order valence-electron chi connectivity index (χ0n) is 14.8. The third-order valence-electron chi connectivity index (χ3n) is 3.76.